The van der Waals surface area contributed by atoms with Gasteiger partial charge >= 0.3 is 0 Å². The SMILES string of the molecule is Cc1ccc(CNc2ccc(C#N)c(Br)c2)cc1. The van der Waals surface area contributed by atoms with E-state index < -0.39 is 0 Å². The highest BCUT2D eigenvalue weighted by atomic mass is 79.9. The molecular weight excluding hydrogens is 288 g/mol. The van der Waals surface area contributed by atoms with Crippen LogP contribution in [-0.4, -0.2) is 0 Å². The predicted octanol–water partition coefficient (Wildman–Crippen LogP) is 4.24. The number of nitrogens with zero attached hydrogens (tertiary/aromatic N) is 1. The topological polar surface area (TPSA) is 35.8 Å². The minimum Gasteiger partial charge on any atom is -0.381 e. The van der Waals surface area contributed by atoms with Gasteiger partial charge in [0.25, 0.3) is 0 Å². The first-order chi connectivity index (χ1) is 8.69. The molecule has 0 amide bonds. The second-order valence-corrected chi connectivity index (χ2v) is 5.00. The molecule has 0 fully saturated rings. The van der Waals surface area contributed by atoms with Crippen molar-refractivity contribution >= 4 is 21.6 Å². The third-order valence-electron chi connectivity index (χ3n) is 2.71. The van der Waals surface area contributed by atoms with Crippen LogP contribution < -0.4 is 5.32 Å². The van der Waals surface area contributed by atoms with E-state index in [1.165, 1.54) is 11.1 Å². The fourth-order valence-electron chi connectivity index (χ4n) is 1.63. The number of halogens is 1. The normalized spacial score (nSPS) is 9.83. The van der Waals surface area contributed by atoms with Gasteiger partial charge in [-0.3, -0.25) is 0 Å². The van der Waals surface area contributed by atoms with Crippen molar-refractivity contribution in [2.75, 3.05) is 5.32 Å². The molecule has 0 aliphatic carbocycles. The molecule has 2 nitrogen and oxygen atoms in total. The smallest absolute Gasteiger partial charge is 0.100 e. The standard InChI is InChI=1S/C15H13BrN2/c1-11-2-4-12(5-3-11)10-18-14-7-6-13(9-17)15(16)8-14/h2-8,18H,10H2,1H3. The van der Waals surface area contributed by atoms with Gasteiger partial charge in [-0.25, -0.2) is 0 Å². The molecular formula is C15H13BrN2. The van der Waals surface area contributed by atoms with Crippen LogP contribution in [0, 0.1) is 18.3 Å². The van der Waals surface area contributed by atoms with Crippen LogP contribution in [0.15, 0.2) is 46.9 Å². The van der Waals surface area contributed by atoms with Gasteiger partial charge in [0.15, 0.2) is 0 Å². The highest BCUT2D eigenvalue weighted by molar-refractivity contribution is 9.10. The Morgan fingerprint density at radius 1 is 1.17 bits per heavy atom. The van der Waals surface area contributed by atoms with Gasteiger partial charge in [0.1, 0.15) is 6.07 Å². The first-order valence-corrected chi connectivity index (χ1v) is 6.47. The van der Waals surface area contributed by atoms with E-state index in [2.05, 4.69) is 58.5 Å². The molecule has 0 saturated carbocycles. The highest BCUT2D eigenvalue weighted by Crippen LogP contribution is 2.21. The summed E-state index contributed by atoms with van der Waals surface area (Å²) in [5, 5.41) is 12.2. The van der Waals surface area contributed by atoms with Crippen molar-refractivity contribution in [2.45, 2.75) is 13.5 Å². The lowest BCUT2D eigenvalue weighted by molar-refractivity contribution is 1.14. The molecule has 0 aromatic heterocycles. The Morgan fingerprint density at radius 3 is 2.50 bits per heavy atom. The van der Waals surface area contributed by atoms with Crippen LogP contribution in [0.25, 0.3) is 0 Å². The zero-order valence-electron chi connectivity index (χ0n) is 10.1. The molecule has 90 valence electrons. The fourth-order valence-corrected chi connectivity index (χ4v) is 2.09. The molecule has 1 N–H and O–H groups in total. The van der Waals surface area contributed by atoms with E-state index in [-0.39, 0.29) is 0 Å². The average molecular weight is 301 g/mol. The quantitative estimate of drug-likeness (QED) is 0.920. The molecule has 0 unspecified atom stereocenters. The number of aryl methyl sites for hydroxylation is 1. The van der Waals surface area contributed by atoms with Gasteiger partial charge in [-0.2, -0.15) is 5.26 Å². The van der Waals surface area contributed by atoms with Crippen LogP contribution in [0.3, 0.4) is 0 Å². The van der Waals surface area contributed by atoms with Gasteiger partial charge in [-0.1, -0.05) is 29.8 Å². The number of nitrogens with one attached hydrogen (secondary N) is 1. The zero-order valence-corrected chi connectivity index (χ0v) is 11.7. The van der Waals surface area contributed by atoms with Gasteiger partial charge in [0.2, 0.25) is 0 Å². The lowest BCUT2D eigenvalue weighted by Gasteiger charge is -2.07. The number of hydrogen-bond donors (Lipinski definition) is 1. The average Bonchev–Trinajstić information content (AvgIpc) is 2.38. The Bertz CT molecular complexity index is 582. The summed E-state index contributed by atoms with van der Waals surface area (Å²) in [6, 6.07) is 16.2. The van der Waals surface area contributed by atoms with Gasteiger partial charge in [0, 0.05) is 16.7 Å². The number of anilines is 1. The van der Waals surface area contributed by atoms with Gasteiger partial charge in [-0.05, 0) is 46.6 Å². The Kier molecular flexibility index (Phi) is 4.01. The van der Waals surface area contributed by atoms with E-state index >= 15 is 0 Å². The van der Waals surface area contributed by atoms with E-state index in [1.54, 1.807) is 0 Å². The third-order valence-corrected chi connectivity index (χ3v) is 3.36. The van der Waals surface area contributed by atoms with Gasteiger partial charge < -0.3 is 5.32 Å². The molecule has 2 rings (SSSR count). The maximum Gasteiger partial charge on any atom is 0.100 e. The van der Waals surface area contributed by atoms with Crippen molar-refractivity contribution in [3.8, 4) is 6.07 Å². The highest BCUT2D eigenvalue weighted by Gasteiger charge is 2.00. The number of nitriles is 1. The summed E-state index contributed by atoms with van der Waals surface area (Å²) in [6.07, 6.45) is 0. The lowest BCUT2D eigenvalue weighted by atomic mass is 10.1. The molecule has 3 heteroatoms. The number of rotatable bonds is 3. The van der Waals surface area contributed by atoms with Crippen LogP contribution >= 0.6 is 15.9 Å². The van der Waals surface area contributed by atoms with Crippen molar-refractivity contribution in [1.82, 2.24) is 0 Å². The lowest BCUT2D eigenvalue weighted by Crippen LogP contribution is -1.99. The van der Waals surface area contributed by atoms with E-state index in [0.717, 1.165) is 16.7 Å². The van der Waals surface area contributed by atoms with Crippen molar-refractivity contribution in [2.24, 2.45) is 0 Å². The first kappa shape index (κ1) is 12.7. The van der Waals surface area contributed by atoms with Crippen LogP contribution in [0.1, 0.15) is 16.7 Å². The summed E-state index contributed by atoms with van der Waals surface area (Å²) in [7, 11) is 0. The van der Waals surface area contributed by atoms with E-state index in [4.69, 9.17) is 5.26 Å². The molecule has 0 atom stereocenters. The van der Waals surface area contributed by atoms with Crippen molar-refractivity contribution in [3.05, 3.63) is 63.6 Å². The molecule has 0 spiro atoms. The van der Waals surface area contributed by atoms with Crippen molar-refractivity contribution in [1.29, 1.82) is 5.26 Å². The maximum atomic E-state index is 8.84. The molecule has 2 aromatic carbocycles. The Balaban J connectivity index is 2.04. The van der Waals surface area contributed by atoms with Gasteiger partial charge in [-0.15, -0.1) is 0 Å². The van der Waals surface area contributed by atoms with Crippen molar-refractivity contribution < 1.29 is 0 Å². The fraction of sp³-hybridized carbons (Fsp3) is 0.133. The zero-order chi connectivity index (χ0) is 13.0. The molecule has 0 heterocycles. The predicted molar refractivity (Wildman–Crippen MR) is 77.4 cm³/mol. The third kappa shape index (κ3) is 3.12. The van der Waals surface area contributed by atoms with Gasteiger partial charge in [0.05, 0.1) is 5.56 Å². The maximum absolute atomic E-state index is 8.84. The second-order valence-electron chi connectivity index (χ2n) is 4.15. The number of hydrogen-bond acceptors (Lipinski definition) is 2. The molecule has 0 radical (unpaired) electrons. The molecule has 0 bridgehead atoms. The number of benzene rings is 2. The summed E-state index contributed by atoms with van der Waals surface area (Å²) in [5.74, 6) is 0. The van der Waals surface area contributed by atoms with Crippen LogP contribution in [-0.2, 0) is 6.54 Å². The minimum absolute atomic E-state index is 0.649. The monoisotopic (exact) mass is 300 g/mol. The first-order valence-electron chi connectivity index (χ1n) is 5.68. The molecule has 0 aliphatic heterocycles. The Morgan fingerprint density at radius 2 is 1.89 bits per heavy atom. The molecule has 18 heavy (non-hydrogen) atoms. The minimum atomic E-state index is 0.649. The van der Waals surface area contributed by atoms with E-state index in [9.17, 15) is 0 Å². The second kappa shape index (κ2) is 5.70. The van der Waals surface area contributed by atoms with Crippen LogP contribution in [0.4, 0.5) is 5.69 Å². The summed E-state index contributed by atoms with van der Waals surface area (Å²) >= 11 is 3.38. The molecule has 0 aliphatic rings. The molecule has 0 saturated heterocycles. The van der Waals surface area contributed by atoms with Crippen molar-refractivity contribution in [3.63, 3.8) is 0 Å². The summed E-state index contributed by atoms with van der Waals surface area (Å²) in [4.78, 5) is 0. The largest absolute Gasteiger partial charge is 0.381 e. The van der Waals surface area contributed by atoms with Crippen LogP contribution in [0.5, 0.6) is 0 Å². The summed E-state index contributed by atoms with van der Waals surface area (Å²) < 4.78 is 0.818. The van der Waals surface area contributed by atoms with E-state index in [1.807, 2.05) is 18.2 Å². The summed E-state index contributed by atoms with van der Waals surface area (Å²) in [6.45, 7) is 2.85. The van der Waals surface area contributed by atoms with Crippen LogP contribution in [0.2, 0.25) is 0 Å². The van der Waals surface area contributed by atoms with E-state index in [0.29, 0.717) is 5.56 Å². The molecule has 2 aromatic rings. The Labute approximate surface area is 115 Å². The Hall–Kier alpha value is -1.79. The summed E-state index contributed by atoms with van der Waals surface area (Å²) in [5.41, 5.74) is 4.15.